The van der Waals surface area contributed by atoms with E-state index in [2.05, 4.69) is 11.9 Å². The Labute approximate surface area is 48.8 Å². The van der Waals surface area contributed by atoms with Gasteiger partial charge in [0.05, 0.1) is 0 Å². The van der Waals surface area contributed by atoms with Crippen LogP contribution in [-0.2, 0) is 0 Å². The maximum atomic E-state index is 3.58. The largest absolute Gasteiger partial charge is 0.365 e. The molecule has 0 aromatic heterocycles. The van der Waals surface area contributed by atoms with Crippen LogP contribution in [0.2, 0.25) is 0 Å². The monoisotopic (exact) mass is 108 g/mol. The van der Waals surface area contributed by atoms with Crippen LogP contribution in [0.25, 0.3) is 0 Å². The number of rotatable bonds is 1. The van der Waals surface area contributed by atoms with Gasteiger partial charge in [-0.2, -0.15) is 0 Å². The molecule has 0 bridgehead atoms. The van der Waals surface area contributed by atoms with Gasteiger partial charge in [0, 0.05) is 31.0 Å². The number of nitrogens with one attached hydrogen (secondary N) is 1. The molecule has 0 unspecified atom stereocenters. The lowest BCUT2D eigenvalue weighted by atomic mass is 10.6. The molecule has 42 valence electrons. The van der Waals surface area contributed by atoms with Crippen molar-refractivity contribution in [2.45, 2.75) is 0 Å². The Morgan fingerprint density at radius 2 is 2.00 bits per heavy atom. The first-order valence-corrected chi connectivity index (χ1v) is 2.43. The Bertz CT molecular complexity index is 123. The van der Waals surface area contributed by atoms with Crippen LogP contribution in [0.3, 0.4) is 0 Å². The van der Waals surface area contributed by atoms with Crippen LogP contribution in [0.4, 0.5) is 0 Å². The van der Waals surface area contributed by atoms with Crippen molar-refractivity contribution >= 4 is 0 Å². The van der Waals surface area contributed by atoms with Crippen LogP contribution in [0.5, 0.6) is 0 Å². The predicted molar refractivity (Wildman–Crippen MR) is 33.5 cm³/mol. The maximum Gasteiger partial charge on any atom is 0.0243 e. The molecule has 0 radical (unpaired) electrons. The predicted octanol–water partition coefficient (Wildman–Crippen LogP) is 0.978. The summed E-state index contributed by atoms with van der Waals surface area (Å²) in [6.45, 7) is 3.58. The van der Waals surface area contributed by atoms with E-state index < -0.39 is 0 Å². The number of nitrogens with zero attached hydrogens (tertiary/aromatic N) is 1. The fourth-order valence-corrected chi connectivity index (χ4v) is 0.485. The van der Waals surface area contributed by atoms with E-state index in [0.717, 1.165) is 0 Å². The number of hydrogen-bond acceptors (Lipinski definition) is 2. The quantitative estimate of drug-likeness (QED) is 0.538. The first-order valence-electron chi connectivity index (χ1n) is 2.43. The zero-order valence-corrected chi connectivity index (χ0v) is 4.54. The molecule has 0 amide bonds. The Morgan fingerprint density at radius 1 is 1.38 bits per heavy atom. The second kappa shape index (κ2) is 2.21. The van der Waals surface area contributed by atoms with Gasteiger partial charge in [0.2, 0.25) is 0 Å². The van der Waals surface area contributed by atoms with Gasteiger partial charge >= 0.3 is 0 Å². The van der Waals surface area contributed by atoms with Gasteiger partial charge in [0.15, 0.2) is 0 Å². The Morgan fingerprint density at radius 3 is 2.38 bits per heavy atom. The molecular formula is C6H8N2. The third kappa shape index (κ3) is 0.904. The SMILES string of the molecule is C=CN1C=CNC=C1. The van der Waals surface area contributed by atoms with Crippen LogP contribution in [0.1, 0.15) is 0 Å². The van der Waals surface area contributed by atoms with E-state index >= 15 is 0 Å². The molecule has 8 heavy (non-hydrogen) atoms. The third-order valence-corrected chi connectivity index (χ3v) is 0.897. The van der Waals surface area contributed by atoms with E-state index in [4.69, 9.17) is 0 Å². The van der Waals surface area contributed by atoms with Crippen molar-refractivity contribution in [1.29, 1.82) is 0 Å². The highest BCUT2D eigenvalue weighted by molar-refractivity contribution is 5.01. The molecule has 0 fully saturated rings. The van der Waals surface area contributed by atoms with Crippen molar-refractivity contribution in [3.63, 3.8) is 0 Å². The molecule has 2 nitrogen and oxygen atoms in total. The van der Waals surface area contributed by atoms with Gasteiger partial charge in [0.1, 0.15) is 0 Å². The fraction of sp³-hybridized carbons (Fsp3) is 0. The van der Waals surface area contributed by atoms with Gasteiger partial charge in [-0.25, -0.2) is 0 Å². The zero-order valence-electron chi connectivity index (χ0n) is 4.54. The molecule has 1 aliphatic rings. The van der Waals surface area contributed by atoms with Gasteiger partial charge in [-0.1, -0.05) is 6.58 Å². The summed E-state index contributed by atoms with van der Waals surface area (Å²) in [7, 11) is 0. The van der Waals surface area contributed by atoms with E-state index in [0.29, 0.717) is 0 Å². The average Bonchev–Trinajstić information content (AvgIpc) is 1.90. The molecule has 0 aliphatic carbocycles. The van der Waals surface area contributed by atoms with E-state index in [1.165, 1.54) is 0 Å². The standard InChI is InChI=1S/C6H8N2/c1-2-8-5-3-7-4-6-8/h2-7H,1H2. The summed E-state index contributed by atoms with van der Waals surface area (Å²) in [6.07, 6.45) is 9.16. The molecule has 0 saturated carbocycles. The summed E-state index contributed by atoms with van der Waals surface area (Å²) in [6, 6.07) is 0. The van der Waals surface area contributed by atoms with Crippen molar-refractivity contribution in [2.75, 3.05) is 0 Å². The highest BCUT2D eigenvalue weighted by Gasteiger charge is 1.86. The molecule has 1 N–H and O–H groups in total. The van der Waals surface area contributed by atoms with Crippen molar-refractivity contribution in [3.05, 3.63) is 37.6 Å². The molecule has 1 aliphatic heterocycles. The van der Waals surface area contributed by atoms with E-state index in [1.807, 2.05) is 29.7 Å². The second-order valence-electron chi connectivity index (χ2n) is 1.43. The van der Waals surface area contributed by atoms with Gasteiger partial charge in [-0.3, -0.25) is 0 Å². The summed E-state index contributed by atoms with van der Waals surface area (Å²) in [5.74, 6) is 0. The minimum Gasteiger partial charge on any atom is -0.365 e. The second-order valence-corrected chi connectivity index (χ2v) is 1.43. The minimum atomic E-state index is 1.73. The van der Waals surface area contributed by atoms with Crippen molar-refractivity contribution in [1.82, 2.24) is 10.2 Å². The molecule has 0 aromatic carbocycles. The minimum absolute atomic E-state index is 1.73. The van der Waals surface area contributed by atoms with E-state index in [-0.39, 0.29) is 0 Å². The van der Waals surface area contributed by atoms with Crippen molar-refractivity contribution < 1.29 is 0 Å². The lowest BCUT2D eigenvalue weighted by molar-refractivity contribution is 0.670. The normalized spacial score (nSPS) is 15.8. The van der Waals surface area contributed by atoms with Crippen LogP contribution in [-0.4, -0.2) is 4.90 Å². The molecule has 0 atom stereocenters. The van der Waals surface area contributed by atoms with Gasteiger partial charge in [0.25, 0.3) is 0 Å². The zero-order chi connectivity index (χ0) is 5.82. The van der Waals surface area contributed by atoms with E-state index in [1.54, 1.807) is 6.20 Å². The molecule has 0 aromatic rings. The number of hydrogen-bond donors (Lipinski definition) is 1. The summed E-state index contributed by atoms with van der Waals surface area (Å²) < 4.78 is 0. The summed E-state index contributed by atoms with van der Waals surface area (Å²) in [5, 5.41) is 2.90. The molecule has 2 heteroatoms. The molecule has 1 heterocycles. The Hall–Kier alpha value is -1.18. The summed E-state index contributed by atoms with van der Waals surface area (Å²) in [5.41, 5.74) is 0. The van der Waals surface area contributed by atoms with Gasteiger partial charge in [-0.05, 0) is 0 Å². The van der Waals surface area contributed by atoms with E-state index in [9.17, 15) is 0 Å². The fourth-order valence-electron chi connectivity index (χ4n) is 0.485. The van der Waals surface area contributed by atoms with Gasteiger partial charge < -0.3 is 10.2 Å². The first kappa shape index (κ1) is 4.97. The summed E-state index contributed by atoms with van der Waals surface area (Å²) >= 11 is 0. The van der Waals surface area contributed by atoms with Crippen molar-refractivity contribution in [3.8, 4) is 0 Å². The highest BCUT2D eigenvalue weighted by atomic mass is 15.1. The molecule has 0 spiro atoms. The van der Waals surface area contributed by atoms with Crippen LogP contribution in [0, 0.1) is 0 Å². The highest BCUT2D eigenvalue weighted by Crippen LogP contribution is 1.93. The van der Waals surface area contributed by atoms with Gasteiger partial charge in [-0.15, -0.1) is 0 Å². The molecule has 0 saturated heterocycles. The lowest BCUT2D eigenvalue weighted by Gasteiger charge is -2.10. The third-order valence-electron chi connectivity index (χ3n) is 0.897. The Balaban J connectivity index is 2.54. The van der Waals surface area contributed by atoms with Crippen LogP contribution in [0.15, 0.2) is 37.6 Å². The summed E-state index contributed by atoms with van der Waals surface area (Å²) in [4.78, 5) is 1.86. The topological polar surface area (TPSA) is 15.3 Å². The average molecular weight is 108 g/mol. The molecular weight excluding hydrogens is 100 g/mol. The molecule has 1 rings (SSSR count). The van der Waals surface area contributed by atoms with Crippen LogP contribution < -0.4 is 5.32 Å². The Kier molecular flexibility index (Phi) is 1.37. The smallest absolute Gasteiger partial charge is 0.0243 e. The first-order chi connectivity index (χ1) is 3.93. The lowest BCUT2D eigenvalue weighted by Crippen LogP contribution is -2.08. The van der Waals surface area contributed by atoms with Crippen molar-refractivity contribution in [2.24, 2.45) is 0 Å². The van der Waals surface area contributed by atoms with Crippen LogP contribution >= 0.6 is 0 Å². The maximum absolute atomic E-state index is 3.58.